The Balaban J connectivity index is 1.23. The summed E-state index contributed by atoms with van der Waals surface area (Å²) in [6, 6.07) is 6.64. The monoisotopic (exact) mass is 495 g/mol. The Morgan fingerprint density at radius 2 is 2.06 bits per heavy atom. The molecule has 9 nitrogen and oxygen atoms in total. The molecule has 1 aliphatic carbocycles. The highest BCUT2D eigenvalue weighted by atomic mass is 32.1. The van der Waals surface area contributed by atoms with Gasteiger partial charge in [-0.3, -0.25) is 14.6 Å². The molecule has 1 unspecified atom stereocenters. The van der Waals surface area contributed by atoms with Gasteiger partial charge in [-0.2, -0.15) is 0 Å². The van der Waals surface area contributed by atoms with E-state index in [9.17, 15) is 14.0 Å². The average molecular weight is 496 g/mol. The fourth-order valence-electron chi connectivity index (χ4n) is 4.72. The van der Waals surface area contributed by atoms with Crippen LogP contribution in [0.3, 0.4) is 0 Å². The first kappa shape index (κ1) is 23.3. The van der Waals surface area contributed by atoms with E-state index >= 15 is 0 Å². The Bertz CT molecular complexity index is 1230. The van der Waals surface area contributed by atoms with Crippen molar-refractivity contribution >= 4 is 29.0 Å². The summed E-state index contributed by atoms with van der Waals surface area (Å²) in [5.41, 5.74) is 6.15. The van der Waals surface area contributed by atoms with Crippen molar-refractivity contribution in [3.63, 3.8) is 0 Å². The number of nitrogens with zero attached hydrogens (tertiary/aromatic N) is 5. The van der Waals surface area contributed by atoms with Crippen LogP contribution in [0.5, 0.6) is 0 Å². The predicted octanol–water partition coefficient (Wildman–Crippen LogP) is 3.01. The van der Waals surface area contributed by atoms with E-state index in [0.29, 0.717) is 53.1 Å². The first-order chi connectivity index (χ1) is 16.9. The third-order valence-corrected chi connectivity index (χ3v) is 7.90. The van der Waals surface area contributed by atoms with Crippen molar-refractivity contribution in [3.05, 3.63) is 53.0 Å². The lowest BCUT2D eigenvalue weighted by atomic mass is 9.66. The van der Waals surface area contributed by atoms with E-state index in [0.717, 1.165) is 25.7 Å². The van der Waals surface area contributed by atoms with Crippen LogP contribution >= 0.6 is 11.3 Å². The lowest BCUT2D eigenvalue weighted by Crippen LogP contribution is -2.43. The Kier molecular flexibility index (Phi) is 6.42. The maximum absolute atomic E-state index is 14.3. The third kappa shape index (κ3) is 4.72. The summed E-state index contributed by atoms with van der Waals surface area (Å²) >= 11 is 1.24. The Labute approximate surface area is 206 Å². The van der Waals surface area contributed by atoms with Crippen molar-refractivity contribution < 1.29 is 14.0 Å². The number of amides is 2. The van der Waals surface area contributed by atoms with E-state index in [2.05, 4.69) is 25.5 Å². The highest BCUT2D eigenvalue weighted by Gasteiger charge is 2.41. The van der Waals surface area contributed by atoms with Crippen LogP contribution < -0.4 is 11.1 Å². The molecule has 0 radical (unpaired) electrons. The molecule has 2 amide bonds. The maximum atomic E-state index is 14.3. The molecule has 182 valence electrons. The third-order valence-electron chi connectivity index (χ3n) is 6.89. The molecule has 35 heavy (non-hydrogen) atoms. The molecule has 1 saturated carbocycles. The van der Waals surface area contributed by atoms with Gasteiger partial charge in [-0.1, -0.05) is 6.42 Å². The van der Waals surface area contributed by atoms with Crippen LogP contribution in [0.2, 0.25) is 0 Å². The van der Waals surface area contributed by atoms with Crippen LogP contribution in [-0.2, 0) is 10.2 Å². The van der Waals surface area contributed by atoms with Crippen molar-refractivity contribution in [2.75, 3.05) is 25.0 Å². The first-order valence-electron chi connectivity index (χ1n) is 11.7. The minimum Gasteiger partial charge on any atom is -0.369 e. The fraction of sp³-hybridized carbons (Fsp3) is 0.417. The summed E-state index contributed by atoms with van der Waals surface area (Å²) in [5.74, 6) is -0.531. The largest absolute Gasteiger partial charge is 0.369 e. The second kappa shape index (κ2) is 9.65. The van der Waals surface area contributed by atoms with Crippen LogP contribution in [0.4, 0.5) is 10.2 Å². The molecule has 11 heteroatoms. The Morgan fingerprint density at radius 1 is 1.20 bits per heavy atom. The number of halogens is 1. The van der Waals surface area contributed by atoms with Gasteiger partial charge in [0.15, 0.2) is 0 Å². The molecule has 2 fully saturated rings. The summed E-state index contributed by atoms with van der Waals surface area (Å²) in [6.07, 6.45) is 7.39. The molecule has 0 aromatic carbocycles. The zero-order valence-electron chi connectivity index (χ0n) is 19.1. The van der Waals surface area contributed by atoms with Gasteiger partial charge in [0.1, 0.15) is 27.2 Å². The lowest BCUT2D eigenvalue weighted by Gasteiger charge is -2.41. The highest BCUT2D eigenvalue weighted by Crippen LogP contribution is 2.43. The van der Waals surface area contributed by atoms with Gasteiger partial charge in [0.05, 0.1) is 17.8 Å². The van der Waals surface area contributed by atoms with Crippen LogP contribution in [-0.4, -0.2) is 56.5 Å². The number of carbonyl (C=O) groups excluding carboxylic acids is 2. The molecule has 2 aliphatic rings. The van der Waals surface area contributed by atoms with Crippen LogP contribution in [0.25, 0.3) is 10.7 Å². The molecule has 4 heterocycles. The topological polar surface area (TPSA) is 127 Å². The molecular weight excluding hydrogens is 469 g/mol. The van der Waals surface area contributed by atoms with E-state index in [1.807, 2.05) is 0 Å². The smallest absolute Gasteiger partial charge is 0.265 e. The summed E-state index contributed by atoms with van der Waals surface area (Å²) in [6.45, 7) is 1.46. The number of primary amides is 1. The van der Waals surface area contributed by atoms with Gasteiger partial charge in [-0.15, -0.1) is 21.5 Å². The van der Waals surface area contributed by atoms with E-state index in [4.69, 9.17) is 5.73 Å². The molecule has 5 rings (SSSR count). The number of rotatable bonds is 7. The van der Waals surface area contributed by atoms with Gasteiger partial charge >= 0.3 is 0 Å². The molecule has 3 aromatic rings. The summed E-state index contributed by atoms with van der Waals surface area (Å²) < 4.78 is 14.3. The highest BCUT2D eigenvalue weighted by molar-refractivity contribution is 7.16. The second-order valence-corrected chi connectivity index (χ2v) is 10.2. The molecule has 0 bridgehead atoms. The fourth-order valence-corrected chi connectivity index (χ4v) is 5.57. The second-order valence-electron chi connectivity index (χ2n) is 9.15. The standard InChI is InChI=1S/C24H26FN7O2S/c25-16-5-1-10-27-20(16)24(8-3-9-24)14-29-19-7-6-17(30-31-19)22-28-12-18(35-22)23(34)32-11-2-4-15(13-32)21(26)33/h1,5-7,10,12,15H,2-4,8-9,11,13-14H2,(H2,26,33)(H,29,31). The van der Waals surface area contributed by atoms with Crippen molar-refractivity contribution in [2.24, 2.45) is 11.7 Å². The average Bonchev–Trinajstić information content (AvgIpc) is 3.35. The van der Waals surface area contributed by atoms with Crippen LogP contribution in [0.1, 0.15) is 47.5 Å². The van der Waals surface area contributed by atoms with E-state index < -0.39 is 0 Å². The number of hydrogen-bond donors (Lipinski definition) is 2. The molecule has 1 atom stereocenters. The molecule has 0 spiro atoms. The summed E-state index contributed by atoms with van der Waals surface area (Å²) in [4.78, 5) is 35.2. The number of aromatic nitrogens is 4. The minimum atomic E-state index is -0.370. The number of likely N-dealkylation sites (tertiary alicyclic amines) is 1. The molecule has 1 aliphatic heterocycles. The molecule has 1 saturated heterocycles. The molecule has 3 aromatic heterocycles. The summed E-state index contributed by atoms with van der Waals surface area (Å²) in [5, 5.41) is 12.4. The zero-order chi connectivity index (χ0) is 24.4. The van der Waals surface area contributed by atoms with E-state index in [-0.39, 0.29) is 29.0 Å². The van der Waals surface area contributed by atoms with Crippen LogP contribution in [0, 0.1) is 11.7 Å². The SMILES string of the molecule is NC(=O)C1CCCN(C(=O)c2cnc(-c3ccc(NCC4(c5ncccc5F)CCC4)nn3)s2)C1. The minimum absolute atomic E-state index is 0.154. The first-order valence-corrected chi connectivity index (χ1v) is 12.5. The number of carbonyl (C=O) groups is 2. The van der Waals surface area contributed by atoms with Crippen molar-refractivity contribution in [1.29, 1.82) is 0 Å². The van der Waals surface area contributed by atoms with Crippen molar-refractivity contribution in [1.82, 2.24) is 25.1 Å². The van der Waals surface area contributed by atoms with Gasteiger partial charge in [-0.25, -0.2) is 9.37 Å². The number of nitrogens with one attached hydrogen (secondary N) is 1. The van der Waals surface area contributed by atoms with E-state index in [1.54, 1.807) is 29.3 Å². The van der Waals surface area contributed by atoms with Crippen molar-refractivity contribution in [2.45, 2.75) is 37.5 Å². The van der Waals surface area contributed by atoms with E-state index in [1.165, 1.54) is 23.6 Å². The number of nitrogens with two attached hydrogens (primary N) is 1. The molecule has 3 N–H and O–H groups in total. The van der Waals surface area contributed by atoms with Gasteiger partial charge in [-0.05, 0) is 49.9 Å². The lowest BCUT2D eigenvalue weighted by molar-refractivity contribution is -0.123. The maximum Gasteiger partial charge on any atom is 0.265 e. The number of anilines is 1. The Hall–Kier alpha value is -3.47. The van der Waals surface area contributed by atoms with Crippen molar-refractivity contribution in [3.8, 4) is 10.7 Å². The summed E-state index contributed by atoms with van der Waals surface area (Å²) in [7, 11) is 0. The molecular formula is C24H26FN7O2S. The predicted molar refractivity (Wildman–Crippen MR) is 129 cm³/mol. The quantitative estimate of drug-likeness (QED) is 0.516. The van der Waals surface area contributed by atoms with Gasteiger partial charge in [0.25, 0.3) is 5.91 Å². The van der Waals surface area contributed by atoms with Crippen LogP contribution in [0.15, 0.2) is 36.7 Å². The Morgan fingerprint density at radius 3 is 2.74 bits per heavy atom. The van der Waals surface area contributed by atoms with Gasteiger partial charge in [0, 0.05) is 31.2 Å². The van der Waals surface area contributed by atoms with Gasteiger partial charge < -0.3 is 16.0 Å². The number of hydrogen-bond acceptors (Lipinski definition) is 8. The normalized spacial score (nSPS) is 19.1. The number of thiazole rings is 1. The van der Waals surface area contributed by atoms with Gasteiger partial charge in [0.2, 0.25) is 5.91 Å². The zero-order valence-corrected chi connectivity index (χ0v) is 19.9. The number of pyridine rings is 1. The number of piperidine rings is 1.